The van der Waals surface area contributed by atoms with E-state index in [1.807, 2.05) is 32.0 Å². The minimum Gasteiger partial charge on any atom is -0.489 e. The zero-order valence-corrected chi connectivity index (χ0v) is 19.0. The molecule has 0 spiro atoms. The van der Waals surface area contributed by atoms with E-state index in [0.717, 1.165) is 11.1 Å². The van der Waals surface area contributed by atoms with Crippen LogP contribution in [0.15, 0.2) is 47.2 Å². The first kappa shape index (κ1) is 22.5. The lowest BCUT2D eigenvalue weighted by Gasteiger charge is -2.08. The third kappa shape index (κ3) is 5.38. The van der Waals surface area contributed by atoms with Crippen molar-refractivity contribution < 1.29 is 18.4 Å². The number of aryl methyl sites for hydroxylation is 3. The van der Waals surface area contributed by atoms with E-state index in [1.165, 1.54) is 23.1 Å². The van der Waals surface area contributed by atoms with Gasteiger partial charge in [0.15, 0.2) is 5.69 Å². The first-order chi connectivity index (χ1) is 15.8. The molecule has 0 saturated heterocycles. The maximum absolute atomic E-state index is 13.2. The molecule has 4 rings (SSSR count). The van der Waals surface area contributed by atoms with Crippen molar-refractivity contribution >= 4 is 23.5 Å². The fourth-order valence-corrected chi connectivity index (χ4v) is 3.55. The second-order valence-corrected chi connectivity index (χ2v) is 8.04. The van der Waals surface area contributed by atoms with Crippen LogP contribution in [0.3, 0.4) is 0 Å². The molecule has 0 aliphatic rings. The fraction of sp³-hybridized carbons (Fsp3) is 0.217. The zero-order valence-electron chi connectivity index (χ0n) is 18.2. The van der Waals surface area contributed by atoms with E-state index in [1.54, 1.807) is 13.0 Å². The average Bonchev–Trinajstić information content (AvgIpc) is 3.34. The molecule has 1 N–H and O–H groups in total. The summed E-state index contributed by atoms with van der Waals surface area (Å²) in [5.74, 6) is 0.312. The van der Waals surface area contributed by atoms with Gasteiger partial charge in [-0.3, -0.25) is 10.1 Å². The highest BCUT2D eigenvalue weighted by atomic mass is 35.5. The number of hydrogen-bond acceptors (Lipinski definition) is 6. The zero-order chi connectivity index (χ0) is 23.5. The Hall–Kier alpha value is -3.72. The van der Waals surface area contributed by atoms with E-state index in [4.69, 9.17) is 20.9 Å². The molecule has 33 heavy (non-hydrogen) atoms. The van der Waals surface area contributed by atoms with E-state index >= 15 is 0 Å². The van der Waals surface area contributed by atoms with E-state index in [2.05, 4.69) is 20.6 Å². The van der Waals surface area contributed by atoms with Crippen LogP contribution in [-0.4, -0.2) is 25.8 Å². The highest BCUT2D eigenvalue weighted by Crippen LogP contribution is 2.21. The minimum absolute atomic E-state index is 0.0834. The first-order valence-electron chi connectivity index (χ1n) is 10.1. The average molecular weight is 470 g/mol. The predicted molar refractivity (Wildman–Crippen MR) is 120 cm³/mol. The number of hydrogen-bond donors (Lipinski definition) is 1. The van der Waals surface area contributed by atoms with Gasteiger partial charge in [-0.05, 0) is 61.7 Å². The predicted octanol–water partition coefficient (Wildman–Crippen LogP) is 4.86. The molecule has 0 atom stereocenters. The van der Waals surface area contributed by atoms with Crippen LogP contribution in [0.2, 0.25) is 5.02 Å². The van der Waals surface area contributed by atoms with Gasteiger partial charge in [0.05, 0.1) is 12.1 Å². The standard InChI is InChI=1S/C23H21ClFN5O3/c1-13-6-14(2)8-18(7-13)32-11-19-15(3)33-29-21(19)22(31)27-23-26-12-30(28-23)10-16-4-5-17(25)9-20(16)24/h4-9,12H,10-11H2,1-3H3,(H,27,28,31). The van der Waals surface area contributed by atoms with Crippen molar-refractivity contribution in [2.45, 2.75) is 33.9 Å². The Balaban J connectivity index is 1.44. The molecule has 0 saturated carbocycles. The lowest BCUT2D eigenvalue weighted by molar-refractivity contribution is 0.101. The number of benzene rings is 2. The van der Waals surface area contributed by atoms with Crippen molar-refractivity contribution in [3.05, 3.63) is 87.3 Å². The van der Waals surface area contributed by atoms with Crippen molar-refractivity contribution in [3.8, 4) is 5.75 Å². The summed E-state index contributed by atoms with van der Waals surface area (Å²) >= 11 is 6.06. The smallest absolute Gasteiger partial charge is 0.280 e. The second kappa shape index (κ2) is 9.41. The van der Waals surface area contributed by atoms with Crippen molar-refractivity contribution in [2.24, 2.45) is 0 Å². The Bertz CT molecular complexity index is 1300. The number of ether oxygens (including phenoxy) is 1. The van der Waals surface area contributed by atoms with Crippen molar-refractivity contribution in [3.63, 3.8) is 0 Å². The fourth-order valence-electron chi connectivity index (χ4n) is 3.32. The second-order valence-electron chi connectivity index (χ2n) is 7.63. The van der Waals surface area contributed by atoms with Crippen molar-refractivity contribution in [1.29, 1.82) is 0 Å². The van der Waals surface area contributed by atoms with Crippen molar-refractivity contribution in [2.75, 3.05) is 5.32 Å². The van der Waals surface area contributed by atoms with Crippen LogP contribution >= 0.6 is 11.6 Å². The Morgan fingerprint density at radius 2 is 1.94 bits per heavy atom. The van der Waals surface area contributed by atoms with Crippen LogP contribution in [0, 0.1) is 26.6 Å². The van der Waals surface area contributed by atoms with E-state index in [-0.39, 0.29) is 29.8 Å². The summed E-state index contributed by atoms with van der Waals surface area (Å²) < 4.78 is 25.8. The number of carbonyl (C=O) groups is 1. The van der Waals surface area contributed by atoms with Crippen molar-refractivity contribution in [1.82, 2.24) is 19.9 Å². The molecule has 0 fully saturated rings. The Morgan fingerprint density at radius 3 is 2.67 bits per heavy atom. The van der Waals surface area contributed by atoms with Crippen LogP contribution in [0.1, 0.15) is 38.5 Å². The number of carbonyl (C=O) groups excluding carboxylic acids is 1. The SMILES string of the molecule is Cc1cc(C)cc(OCc2c(C(=O)Nc3ncn(Cc4ccc(F)cc4Cl)n3)noc2C)c1. The molecule has 2 aromatic carbocycles. The van der Waals surface area contributed by atoms with Gasteiger partial charge in [-0.25, -0.2) is 14.1 Å². The summed E-state index contributed by atoms with van der Waals surface area (Å²) in [6.07, 6.45) is 1.44. The quantitative estimate of drug-likeness (QED) is 0.415. The van der Waals surface area contributed by atoms with Gasteiger partial charge in [-0.2, -0.15) is 0 Å². The highest BCUT2D eigenvalue weighted by Gasteiger charge is 2.22. The van der Waals surface area contributed by atoms with E-state index in [9.17, 15) is 9.18 Å². The Labute approximate surface area is 194 Å². The van der Waals surface area contributed by atoms with Crippen LogP contribution in [0.25, 0.3) is 0 Å². The van der Waals surface area contributed by atoms with Gasteiger partial charge in [0, 0.05) is 5.02 Å². The summed E-state index contributed by atoms with van der Waals surface area (Å²) in [5, 5.41) is 11.0. The number of nitrogens with one attached hydrogen (secondary N) is 1. The van der Waals surface area contributed by atoms with Gasteiger partial charge in [0.1, 0.15) is 30.3 Å². The molecular weight excluding hydrogens is 449 g/mol. The van der Waals surface area contributed by atoms with Gasteiger partial charge < -0.3 is 9.26 Å². The normalized spacial score (nSPS) is 10.9. The first-order valence-corrected chi connectivity index (χ1v) is 10.5. The van der Waals surface area contributed by atoms with E-state index in [0.29, 0.717) is 22.6 Å². The van der Waals surface area contributed by atoms with Gasteiger partial charge in [-0.1, -0.05) is 28.9 Å². The van der Waals surface area contributed by atoms with Crippen LogP contribution in [-0.2, 0) is 13.2 Å². The van der Waals surface area contributed by atoms with Gasteiger partial charge >= 0.3 is 0 Å². The van der Waals surface area contributed by atoms with Gasteiger partial charge in [-0.15, -0.1) is 5.10 Å². The maximum atomic E-state index is 13.2. The summed E-state index contributed by atoms with van der Waals surface area (Å²) in [5.41, 5.74) is 3.44. The highest BCUT2D eigenvalue weighted by molar-refractivity contribution is 6.31. The number of rotatable bonds is 7. The number of amides is 1. The molecule has 1 amide bonds. The van der Waals surface area contributed by atoms with E-state index < -0.39 is 11.7 Å². The molecule has 8 nitrogen and oxygen atoms in total. The Kier molecular flexibility index (Phi) is 6.41. The molecule has 170 valence electrons. The van der Waals surface area contributed by atoms with Gasteiger partial charge in [0.2, 0.25) is 5.95 Å². The lowest BCUT2D eigenvalue weighted by Crippen LogP contribution is -2.16. The molecule has 0 unspecified atom stereocenters. The number of nitrogens with zero attached hydrogens (tertiary/aromatic N) is 4. The van der Waals surface area contributed by atoms with Crippen LogP contribution in [0.5, 0.6) is 5.75 Å². The summed E-state index contributed by atoms with van der Waals surface area (Å²) in [7, 11) is 0. The molecule has 10 heteroatoms. The summed E-state index contributed by atoms with van der Waals surface area (Å²) in [6, 6.07) is 9.99. The molecule has 0 bridgehead atoms. The molecule has 2 heterocycles. The number of aromatic nitrogens is 4. The minimum atomic E-state index is -0.525. The Morgan fingerprint density at radius 1 is 1.18 bits per heavy atom. The maximum Gasteiger partial charge on any atom is 0.280 e. The molecule has 4 aromatic rings. The molecule has 0 aliphatic heterocycles. The third-order valence-corrected chi connectivity index (χ3v) is 5.24. The molecule has 0 radical (unpaired) electrons. The molecular formula is C23H21ClFN5O3. The monoisotopic (exact) mass is 469 g/mol. The van der Waals surface area contributed by atoms with Crippen LogP contribution < -0.4 is 10.1 Å². The molecule has 2 aromatic heterocycles. The third-order valence-electron chi connectivity index (χ3n) is 4.89. The number of halogens is 2. The summed E-state index contributed by atoms with van der Waals surface area (Å²) in [6.45, 7) is 6.06. The number of anilines is 1. The van der Waals surface area contributed by atoms with Crippen LogP contribution in [0.4, 0.5) is 10.3 Å². The van der Waals surface area contributed by atoms with Gasteiger partial charge in [0.25, 0.3) is 5.91 Å². The molecule has 0 aliphatic carbocycles. The summed E-state index contributed by atoms with van der Waals surface area (Å²) in [4.78, 5) is 16.9. The largest absolute Gasteiger partial charge is 0.489 e. The topological polar surface area (TPSA) is 95.1 Å². The lowest BCUT2D eigenvalue weighted by atomic mass is 10.1.